The Balaban J connectivity index is 2.14. The highest BCUT2D eigenvalue weighted by atomic mass is 35.5. The quantitative estimate of drug-likeness (QED) is 0.907. The number of imidazole rings is 1. The van der Waals surface area contributed by atoms with Gasteiger partial charge in [-0.1, -0.05) is 17.7 Å². The van der Waals surface area contributed by atoms with E-state index in [1.807, 2.05) is 17.8 Å². The Morgan fingerprint density at radius 2 is 2.29 bits per heavy atom. The second kappa shape index (κ2) is 5.21. The standard InChI is InChI=1S/C12H13ClN2O2/c1-15-6-5-14-12(15)8-17-11-4-2-3-10(13)9(11)7-16/h2-6,16H,7-8H2,1H3. The molecular weight excluding hydrogens is 240 g/mol. The van der Waals surface area contributed by atoms with Crippen molar-refractivity contribution in [1.82, 2.24) is 9.55 Å². The molecule has 1 aromatic heterocycles. The van der Waals surface area contributed by atoms with Crippen LogP contribution in [0.4, 0.5) is 0 Å². The minimum atomic E-state index is -0.143. The van der Waals surface area contributed by atoms with Crippen LogP contribution in [0.15, 0.2) is 30.6 Å². The summed E-state index contributed by atoms with van der Waals surface area (Å²) in [7, 11) is 1.90. The normalized spacial score (nSPS) is 10.5. The maximum absolute atomic E-state index is 9.23. The molecule has 0 aliphatic heterocycles. The fourth-order valence-corrected chi connectivity index (χ4v) is 1.73. The van der Waals surface area contributed by atoms with E-state index in [1.165, 1.54) is 0 Å². The zero-order valence-electron chi connectivity index (χ0n) is 9.43. The van der Waals surface area contributed by atoms with E-state index in [4.69, 9.17) is 16.3 Å². The van der Waals surface area contributed by atoms with Crippen molar-refractivity contribution >= 4 is 11.6 Å². The van der Waals surface area contributed by atoms with Gasteiger partial charge < -0.3 is 14.4 Å². The van der Waals surface area contributed by atoms with Crippen molar-refractivity contribution in [3.8, 4) is 5.75 Å². The molecule has 0 saturated carbocycles. The average molecular weight is 253 g/mol. The van der Waals surface area contributed by atoms with Crippen LogP contribution in [0.2, 0.25) is 5.02 Å². The van der Waals surface area contributed by atoms with Gasteiger partial charge in [-0.2, -0.15) is 0 Å². The highest BCUT2D eigenvalue weighted by molar-refractivity contribution is 6.31. The molecule has 5 heteroatoms. The minimum Gasteiger partial charge on any atom is -0.485 e. The van der Waals surface area contributed by atoms with Crippen LogP contribution >= 0.6 is 11.6 Å². The largest absolute Gasteiger partial charge is 0.485 e. The molecule has 90 valence electrons. The lowest BCUT2D eigenvalue weighted by Gasteiger charge is -2.11. The topological polar surface area (TPSA) is 47.3 Å². The Morgan fingerprint density at radius 3 is 2.94 bits per heavy atom. The number of rotatable bonds is 4. The number of benzene rings is 1. The maximum Gasteiger partial charge on any atom is 0.146 e. The second-order valence-corrected chi connectivity index (χ2v) is 4.02. The minimum absolute atomic E-state index is 0.143. The first-order chi connectivity index (χ1) is 8.22. The summed E-state index contributed by atoms with van der Waals surface area (Å²) in [6.45, 7) is 0.201. The van der Waals surface area contributed by atoms with Crippen molar-refractivity contribution < 1.29 is 9.84 Å². The lowest BCUT2D eigenvalue weighted by Crippen LogP contribution is -2.04. The summed E-state index contributed by atoms with van der Waals surface area (Å²) >= 11 is 5.96. The smallest absolute Gasteiger partial charge is 0.146 e. The summed E-state index contributed by atoms with van der Waals surface area (Å²) in [6.07, 6.45) is 3.56. The molecule has 0 unspecified atom stereocenters. The summed E-state index contributed by atoms with van der Waals surface area (Å²) in [5.41, 5.74) is 0.600. The van der Waals surface area contributed by atoms with Gasteiger partial charge in [0.2, 0.25) is 0 Å². The molecule has 17 heavy (non-hydrogen) atoms. The molecule has 1 aromatic carbocycles. The molecule has 0 fully saturated rings. The van der Waals surface area contributed by atoms with Crippen molar-refractivity contribution in [2.45, 2.75) is 13.2 Å². The third-order valence-corrected chi connectivity index (χ3v) is 2.87. The summed E-state index contributed by atoms with van der Waals surface area (Å²) in [4.78, 5) is 4.15. The maximum atomic E-state index is 9.23. The predicted octanol–water partition coefficient (Wildman–Crippen LogP) is 2.14. The number of aromatic nitrogens is 2. The summed E-state index contributed by atoms with van der Waals surface area (Å²) < 4.78 is 7.48. The summed E-state index contributed by atoms with van der Waals surface area (Å²) in [5, 5.41) is 9.73. The van der Waals surface area contributed by atoms with E-state index in [2.05, 4.69) is 4.98 Å². The van der Waals surface area contributed by atoms with Gasteiger partial charge in [-0.3, -0.25) is 0 Å². The first-order valence-corrected chi connectivity index (χ1v) is 5.57. The van der Waals surface area contributed by atoms with Crippen LogP contribution in [0.3, 0.4) is 0 Å². The molecule has 2 rings (SSSR count). The summed E-state index contributed by atoms with van der Waals surface area (Å²) in [5.74, 6) is 1.40. The van der Waals surface area contributed by atoms with E-state index in [0.717, 1.165) is 5.82 Å². The van der Waals surface area contributed by atoms with E-state index in [0.29, 0.717) is 22.9 Å². The molecule has 0 aliphatic carbocycles. The molecule has 0 aliphatic rings. The van der Waals surface area contributed by atoms with Gasteiger partial charge in [0.05, 0.1) is 6.61 Å². The molecule has 0 amide bonds. The SMILES string of the molecule is Cn1ccnc1COc1cccc(Cl)c1CO. The fourth-order valence-electron chi connectivity index (χ4n) is 1.51. The van der Waals surface area contributed by atoms with Crippen LogP contribution in [0.25, 0.3) is 0 Å². The Labute approximate surface area is 104 Å². The van der Waals surface area contributed by atoms with Crippen molar-refractivity contribution in [2.24, 2.45) is 7.05 Å². The van der Waals surface area contributed by atoms with Crippen molar-refractivity contribution in [1.29, 1.82) is 0 Å². The Morgan fingerprint density at radius 1 is 1.47 bits per heavy atom. The van der Waals surface area contributed by atoms with Crippen molar-refractivity contribution in [2.75, 3.05) is 0 Å². The zero-order chi connectivity index (χ0) is 12.3. The molecule has 0 bridgehead atoms. The number of hydrogen-bond acceptors (Lipinski definition) is 3. The number of aliphatic hydroxyl groups excluding tert-OH is 1. The van der Waals surface area contributed by atoms with Crippen molar-refractivity contribution in [3.63, 3.8) is 0 Å². The van der Waals surface area contributed by atoms with Crippen LogP contribution in [-0.4, -0.2) is 14.7 Å². The van der Waals surface area contributed by atoms with E-state index in [1.54, 1.807) is 24.4 Å². The second-order valence-electron chi connectivity index (χ2n) is 3.62. The molecular formula is C12H13ClN2O2. The van der Waals surface area contributed by atoms with Crippen molar-refractivity contribution in [3.05, 3.63) is 47.0 Å². The number of aryl methyl sites for hydroxylation is 1. The van der Waals surface area contributed by atoms with Gasteiger partial charge in [0.25, 0.3) is 0 Å². The fraction of sp³-hybridized carbons (Fsp3) is 0.250. The molecule has 2 aromatic rings. The van der Waals surface area contributed by atoms with Gasteiger partial charge in [-0.15, -0.1) is 0 Å². The highest BCUT2D eigenvalue weighted by Gasteiger charge is 2.08. The Kier molecular flexibility index (Phi) is 3.66. The molecule has 4 nitrogen and oxygen atoms in total. The molecule has 0 spiro atoms. The first kappa shape index (κ1) is 12.0. The van der Waals surface area contributed by atoms with Gasteiger partial charge in [0.1, 0.15) is 18.2 Å². The number of aliphatic hydroxyl groups is 1. The monoisotopic (exact) mass is 252 g/mol. The number of hydrogen-bond donors (Lipinski definition) is 1. The molecule has 1 N–H and O–H groups in total. The van der Waals surface area contributed by atoms with Crippen LogP contribution in [0, 0.1) is 0 Å². The van der Waals surface area contributed by atoms with Crippen LogP contribution in [-0.2, 0) is 20.3 Å². The van der Waals surface area contributed by atoms with Gasteiger partial charge in [0.15, 0.2) is 0 Å². The lowest BCUT2D eigenvalue weighted by molar-refractivity contribution is 0.254. The third-order valence-electron chi connectivity index (χ3n) is 2.51. The Bertz CT molecular complexity index is 511. The molecule has 1 heterocycles. The van der Waals surface area contributed by atoms with Crippen LogP contribution in [0.1, 0.15) is 11.4 Å². The molecule has 0 atom stereocenters. The Hall–Kier alpha value is -1.52. The van der Waals surface area contributed by atoms with E-state index < -0.39 is 0 Å². The van der Waals surface area contributed by atoms with E-state index >= 15 is 0 Å². The van der Waals surface area contributed by atoms with E-state index in [-0.39, 0.29) is 6.61 Å². The van der Waals surface area contributed by atoms with Gasteiger partial charge in [-0.05, 0) is 12.1 Å². The summed E-state index contributed by atoms with van der Waals surface area (Å²) in [6, 6.07) is 5.29. The molecule has 0 saturated heterocycles. The predicted molar refractivity (Wildman–Crippen MR) is 64.9 cm³/mol. The zero-order valence-corrected chi connectivity index (χ0v) is 10.2. The van der Waals surface area contributed by atoms with E-state index in [9.17, 15) is 5.11 Å². The number of ether oxygens (including phenoxy) is 1. The van der Waals surface area contributed by atoms with Crippen LogP contribution < -0.4 is 4.74 Å². The first-order valence-electron chi connectivity index (χ1n) is 5.19. The van der Waals surface area contributed by atoms with Gasteiger partial charge >= 0.3 is 0 Å². The van der Waals surface area contributed by atoms with Gasteiger partial charge in [0, 0.05) is 30.0 Å². The van der Waals surface area contributed by atoms with Crippen LogP contribution in [0.5, 0.6) is 5.75 Å². The third kappa shape index (κ3) is 2.60. The number of halogens is 1. The molecule has 0 radical (unpaired) electrons. The average Bonchev–Trinajstić information content (AvgIpc) is 2.72. The number of nitrogens with zero attached hydrogens (tertiary/aromatic N) is 2. The van der Waals surface area contributed by atoms with Gasteiger partial charge in [-0.25, -0.2) is 4.98 Å². The lowest BCUT2D eigenvalue weighted by atomic mass is 10.2. The highest BCUT2D eigenvalue weighted by Crippen LogP contribution is 2.26.